The van der Waals surface area contributed by atoms with Gasteiger partial charge in [-0.15, -0.1) is 0 Å². The highest BCUT2D eigenvalue weighted by molar-refractivity contribution is 7.80. The van der Waals surface area contributed by atoms with E-state index in [-0.39, 0.29) is 23.7 Å². The van der Waals surface area contributed by atoms with Crippen molar-refractivity contribution in [1.29, 1.82) is 0 Å². The summed E-state index contributed by atoms with van der Waals surface area (Å²) in [6.07, 6.45) is 0. The van der Waals surface area contributed by atoms with Crippen molar-refractivity contribution < 1.29 is 9.53 Å². The molecule has 0 heterocycles. The largest absolute Gasteiger partial charge is 0.486 e. The Balaban J connectivity index is 2.59. The Morgan fingerprint density at radius 2 is 2.22 bits per heavy atom. The van der Waals surface area contributed by atoms with Crippen molar-refractivity contribution in [3.05, 3.63) is 24.3 Å². The van der Waals surface area contributed by atoms with Gasteiger partial charge in [-0.1, -0.05) is 18.3 Å². The van der Waals surface area contributed by atoms with Gasteiger partial charge >= 0.3 is 6.03 Å². The first-order valence-electron chi connectivity index (χ1n) is 5.56. The van der Waals surface area contributed by atoms with Crippen molar-refractivity contribution in [2.24, 2.45) is 5.73 Å². The van der Waals surface area contributed by atoms with E-state index in [0.29, 0.717) is 11.4 Å². The molecule has 0 unspecified atom stereocenters. The molecule has 18 heavy (non-hydrogen) atoms. The lowest BCUT2D eigenvalue weighted by molar-refractivity contribution is 0.250. The maximum Gasteiger partial charge on any atom is 0.319 e. The summed E-state index contributed by atoms with van der Waals surface area (Å²) >= 11 is 4.72. The molecule has 4 N–H and O–H groups in total. The van der Waals surface area contributed by atoms with Crippen LogP contribution in [0, 0.1) is 0 Å². The molecule has 1 aromatic carbocycles. The summed E-state index contributed by atoms with van der Waals surface area (Å²) in [6, 6.07) is 6.85. The van der Waals surface area contributed by atoms with E-state index in [2.05, 4.69) is 10.6 Å². The zero-order valence-electron chi connectivity index (χ0n) is 10.4. The fourth-order valence-corrected chi connectivity index (χ4v) is 1.31. The van der Waals surface area contributed by atoms with E-state index in [9.17, 15) is 4.79 Å². The standard InChI is InChI=1S/C12H17N3O2S/c1-8(2)14-12(16)15-9-4-3-5-10(6-9)17-7-11(13)18/h3-6,8H,7H2,1-2H3,(H2,13,18)(H2,14,15,16). The highest BCUT2D eigenvalue weighted by Gasteiger charge is 2.04. The molecule has 0 spiro atoms. The molecule has 0 aromatic heterocycles. The second kappa shape index (κ2) is 6.80. The summed E-state index contributed by atoms with van der Waals surface area (Å²) in [5.41, 5.74) is 5.99. The maximum absolute atomic E-state index is 11.5. The molecule has 0 bridgehead atoms. The van der Waals surface area contributed by atoms with Crippen LogP contribution in [0.15, 0.2) is 24.3 Å². The number of hydrogen-bond donors (Lipinski definition) is 3. The summed E-state index contributed by atoms with van der Waals surface area (Å²) in [5.74, 6) is 0.602. The van der Waals surface area contributed by atoms with Gasteiger partial charge in [-0.25, -0.2) is 4.79 Å². The fourth-order valence-electron chi connectivity index (χ4n) is 1.25. The van der Waals surface area contributed by atoms with Crippen LogP contribution in [-0.2, 0) is 0 Å². The van der Waals surface area contributed by atoms with E-state index >= 15 is 0 Å². The second-order valence-corrected chi connectivity index (χ2v) is 4.56. The van der Waals surface area contributed by atoms with Crippen LogP contribution in [0.25, 0.3) is 0 Å². The fraction of sp³-hybridized carbons (Fsp3) is 0.333. The molecule has 0 radical (unpaired) electrons. The van der Waals surface area contributed by atoms with E-state index in [1.807, 2.05) is 13.8 Å². The van der Waals surface area contributed by atoms with Gasteiger partial charge in [0.25, 0.3) is 0 Å². The quantitative estimate of drug-likeness (QED) is 0.712. The van der Waals surface area contributed by atoms with Crippen LogP contribution in [0.2, 0.25) is 0 Å². The number of carbonyl (C=O) groups excluding carboxylic acids is 1. The van der Waals surface area contributed by atoms with Gasteiger partial charge in [0, 0.05) is 17.8 Å². The third-order valence-electron chi connectivity index (χ3n) is 1.89. The molecule has 6 heteroatoms. The van der Waals surface area contributed by atoms with Gasteiger partial charge in [-0.05, 0) is 26.0 Å². The average Bonchev–Trinajstić information content (AvgIpc) is 2.25. The molecule has 0 atom stereocenters. The van der Waals surface area contributed by atoms with Gasteiger partial charge in [0.15, 0.2) is 0 Å². The molecule has 0 fully saturated rings. The van der Waals surface area contributed by atoms with E-state index in [4.69, 9.17) is 22.7 Å². The number of urea groups is 1. The maximum atomic E-state index is 11.5. The Bertz CT molecular complexity index is 435. The minimum Gasteiger partial charge on any atom is -0.486 e. The summed E-state index contributed by atoms with van der Waals surface area (Å²) in [5, 5.41) is 5.44. The Morgan fingerprint density at radius 3 is 2.83 bits per heavy atom. The number of hydrogen-bond acceptors (Lipinski definition) is 3. The van der Waals surface area contributed by atoms with Crippen LogP contribution < -0.4 is 21.1 Å². The minimum absolute atomic E-state index is 0.0825. The summed E-state index contributed by atoms with van der Waals surface area (Å²) in [4.78, 5) is 11.8. The molecular formula is C12H17N3O2S. The highest BCUT2D eigenvalue weighted by atomic mass is 32.1. The van der Waals surface area contributed by atoms with Crippen molar-refractivity contribution in [1.82, 2.24) is 5.32 Å². The van der Waals surface area contributed by atoms with Crippen LogP contribution in [0.3, 0.4) is 0 Å². The number of ether oxygens (including phenoxy) is 1. The monoisotopic (exact) mass is 267 g/mol. The molecule has 1 aromatic rings. The van der Waals surface area contributed by atoms with Crippen molar-refractivity contribution in [2.75, 3.05) is 11.9 Å². The highest BCUT2D eigenvalue weighted by Crippen LogP contribution is 2.17. The Hall–Kier alpha value is -1.82. The molecule has 98 valence electrons. The van der Waals surface area contributed by atoms with Crippen molar-refractivity contribution >= 4 is 28.9 Å². The van der Waals surface area contributed by atoms with Gasteiger partial charge in [-0.3, -0.25) is 0 Å². The number of nitrogens with one attached hydrogen (secondary N) is 2. The summed E-state index contributed by atoms with van der Waals surface area (Å²) < 4.78 is 5.33. The molecule has 0 saturated heterocycles. The molecule has 0 aliphatic rings. The van der Waals surface area contributed by atoms with Crippen LogP contribution >= 0.6 is 12.2 Å². The number of carbonyl (C=O) groups is 1. The topological polar surface area (TPSA) is 76.4 Å². The van der Waals surface area contributed by atoms with Crippen molar-refractivity contribution in [3.63, 3.8) is 0 Å². The lowest BCUT2D eigenvalue weighted by Gasteiger charge is -2.11. The Morgan fingerprint density at radius 1 is 1.50 bits per heavy atom. The molecule has 2 amide bonds. The van der Waals surface area contributed by atoms with Crippen molar-refractivity contribution in [2.45, 2.75) is 19.9 Å². The van der Waals surface area contributed by atoms with Crippen molar-refractivity contribution in [3.8, 4) is 5.75 Å². The first kappa shape index (κ1) is 14.2. The third kappa shape index (κ3) is 5.49. The van der Waals surface area contributed by atoms with E-state index in [1.165, 1.54) is 0 Å². The number of benzene rings is 1. The van der Waals surface area contributed by atoms with Gasteiger partial charge in [0.05, 0.1) is 0 Å². The lowest BCUT2D eigenvalue weighted by atomic mass is 10.3. The first-order chi connectivity index (χ1) is 8.47. The predicted molar refractivity (Wildman–Crippen MR) is 76.0 cm³/mol. The van der Waals surface area contributed by atoms with Gasteiger partial charge in [-0.2, -0.15) is 0 Å². The molecule has 1 rings (SSSR count). The predicted octanol–water partition coefficient (Wildman–Crippen LogP) is 1.88. The minimum atomic E-state index is -0.253. The summed E-state index contributed by atoms with van der Waals surface area (Å²) in [7, 11) is 0. The number of anilines is 1. The van der Waals surface area contributed by atoms with E-state index in [0.717, 1.165) is 0 Å². The van der Waals surface area contributed by atoms with E-state index in [1.54, 1.807) is 24.3 Å². The third-order valence-corrected chi connectivity index (χ3v) is 2.01. The second-order valence-electron chi connectivity index (χ2n) is 4.04. The average molecular weight is 267 g/mol. The van der Waals surface area contributed by atoms with E-state index < -0.39 is 0 Å². The van der Waals surface area contributed by atoms with Gasteiger partial charge in [0.2, 0.25) is 0 Å². The SMILES string of the molecule is CC(C)NC(=O)Nc1cccc(OCC(N)=S)c1. The smallest absolute Gasteiger partial charge is 0.319 e. The number of amides is 2. The molecular weight excluding hydrogens is 250 g/mol. The number of rotatable bonds is 5. The Labute approximate surface area is 112 Å². The molecule has 0 saturated carbocycles. The summed E-state index contributed by atoms with van der Waals surface area (Å²) in [6.45, 7) is 3.96. The van der Waals surface area contributed by atoms with Gasteiger partial charge in [0.1, 0.15) is 17.3 Å². The van der Waals surface area contributed by atoms with Crippen LogP contribution in [0.5, 0.6) is 5.75 Å². The van der Waals surface area contributed by atoms with Crippen LogP contribution in [-0.4, -0.2) is 23.7 Å². The molecule has 0 aliphatic heterocycles. The lowest BCUT2D eigenvalue weighted by Crippen LogP contribution is -2.34. The molecule has 0 aliphatic carbocycles. The zero-order valence-corrected chi connectivity index (χ0v) is 11.2. The first-order valence-corrected chi connectivity index (χ1v) is 5.97. The normalized spacial score (nSPS) is 9.94. The number of nitrogens with two attached hydrogens (primary N) is 1. The zero-order chi connectivity index (χ0) is 13.5. The van der Waals surface area contributed by atoms with Gasteiger partial charge < -0.3 is 21.1 Å². The molecule has 5 nitrogen and oxygen atoms in total. The Kier molecular flexibility index (Phi) is 5.38. The van der Waals surface area contributed by atoms with Crippen LogP contribution in [0.4, 0.5) is 10.5 Å². The van der Waals surface area contributed by atoms with Crippen LogP contribution in [0.1, 0.15) is 13.8 Å². The number of thiocarbonyl (C=S) groups is 1.